The van der Waals surface area contributed by atoms with Gasteiger partial charge in [0.25, 0.3) is 0 Å². The first-order valence-corrected chi connectivity index (χ1v) is 11.9. The number of carbonyl (C=O) groups excluding carboxylic acids is 1. The highest BCUT2D eigenvalue weighted by Crippen LogP contribution is 2.29. The molecule has 0 radical (unpaired) electrons. The number of carbonyl (C=O) groups is 1. The number of piperidine rings is 1. The summed E-state index contributed by atoms with van der Waals surface area (Å²) < 4.78 is 2.11. The summed E-state index contributed by atoms with van der Waals surface area (Å²) in [6.45, 7) is 2.03. The molecule has 6 nitrogen and oxygen atoms in total. The number of rotatable bonds is 6. The Morgan fingerprint density at radius 1 is 1.03 bits per heavy atom. The summed E-state index contributed by atoms with van der Waals surface area (Å²) in [5.41, 5.74) is 1.05. The molecule has 0 N–H and O–H groups in total. The number of hydrogen-bond donors (Lipinski definition) is 0. The predicted molar refractivity (Wildman–Crippen MR) is 118 cm³/mol. The molecule has 2 fully saturated rings. The van der Waals surface area contributed by atoms with E-state index >= 15 is 0 Å². The summed E-state index contributed by atoms with van der Waals surface area (Å²) in [7, 11) is 1.96. The highest BCUT2D eigenvalue weighted by atomic mass is 32.2. The van der Waals surface area contributed by atoms with Crippen LogP contribution >= 0.6 is 11.8 Å². The van der Waals surface area contributed by atoms with Crippen LogP contribution in [0.2, 0.25) is 0 Å². The standard InChI is InChI=1S/C22H31N5OS/c1-25(18-11-5-2-6-12-18)20(28)17-29-22-24-23-21(26-15-9-4-10-16-26)27(22)19-13-7-3-8-14-19/h3,7-8,13-14,18H,2,4-6,9-12,15-17H2,1H3. The predicted octanol–water partition coefficient (Wildman–Crippen LogP) is 4.14. The topological polar surface area (TPSA) is 54.3 Å². The Hall–Kier alpha value is -2.02. The molecule has 156 valence electrons. The molecule has 2 heterocycles. The van der Waals surface area contributed by atoms with Crippen LogP contribution in [0.4, 0.5) is 5.95 Å². The van der Waals surface area contributed by atoms with Crippen molar-refractivity contribution in [3.63, 3.8) is 0 Å². The fraction of sp³-hybridized carbons (Fsp3) is 0.591. The summed E-state index contributed by atoms with van der Waals surface area (Å²) in [6.07, 6.45) is 9.68. The summed E-state index contributed by atoms with van der Waals surface area (Å²) in [6, 6.07) is 10.6. The molecule has 1 aromatic heterocycles. The lowest BCUT2D eigenvalue weighted by atomic mass is 9.94. The minimum absolute atomic E-state index is 0.184. The van der Waals surface area contributed by atoms with E-state index in [1.807, 2.05) is 30.1 Å². The fourth-order valence-corrected chi connectivity index (χ4v) is 5.23. The minimum atomic E-state index is 0.184. The molecule has 2 aliphatic rings. The largest absolute Gasteiger partial charge is 0.342 e. The molecule has 4 rings (SSSR count). The first-order valence-electron chi connectivity index (χ1n) is 10.9. The Morgan fingerprint density at radius 2 is 1.72 bits per heavy atom. The van der Waals surface area contributed by atoms with Crippen molar-refractivity contribution in [1.29, 1.82) is 0 Å². The summed E-state index contributed by atoms with van der Waals surface area (Å²) in [4.78, 5) is 17.1. The van der Waals surface area contributed by atoms with Crippen molar-refractivity contribution in [3.8, 4) is 5.69 Å². The number of benzene rings is 1. The number of amides is 1. The Labute approximate surface area is 177 Å². The number of anilines is 1. The van der Waals surface area contributed by atoms with Crippen molar-refractivity contribution in [2.45, 2.75) is 62.6 Å². The van der Waals surface area contributed by atoms with Crippen LogP contribution in [-0.2, 0) is 4.79 Å². The van der Waals surface area contributed by atoms with E-state index in [9.17, 15) is 4.79 Å². The summed E-state index contributed by atoms with van der Waals surface area (Å²) >= 11 is 1.50. The lowest BCUT2D eigenvalue weighted by Gasteiger charge is -2.31. The number of thioether (sulfide) groups is 1. The van der Waals surface area contributed by atoms with Crippen LogP contribution in [0.5, 0.6) is 0 Å². The smallest absolute Gasteiger partial charge is 0.233 e. The van der Waals surface area contributed by atoms with E-state index in [2.05, 4.69) is 31.8 Å². The molecule has 29 heavy (non-hydrogen) atoms. The molecule has 0 spiro atoms. The molecule has 0 atom stereocenters. The third kappa shape index (κ3) is 4.77. The maximum atomic E-state index is 12.8. The van der Waals surface area contributed by atoms with Gasteiger partial charge in [-0.3, -0.25) is 9.36 Å². The van der Waals surface area contributed by atoms with Crippen molar-refractivity contribution >= 4 is 23.6 Å². The van der Waals surface area contributed by atoms with Crippen LogP contribution in [0.15, 0.2) is 35.5 Å². The maximum Gasteiger partial charge on any atom is 0.233 e. The van der Waals surface area contributed by atoms with Crippen LogP contribution < -0.4 is 4.90 Å². The number of aromatic nitrogens is 3. The molecule has 1 aliphatic heterocycles. The second-order valence-corrected chi connectivity index (χ2v) is 9.03. The molecule has 7 heteroatoms. The van der Waals surface area contributed by atoms with Gasteiger partial charge in [0.15, 0.2) is 5.16 Å². The molecular formula is C22H31N5OS. The molecular weight excluding hydrogens is 382 g/mol. The van der Waals surface area contributed by atoms with E-state index in [-0.39, 0.29) is 5.91 Å². The van der Waals surface area contributed by atoms with Crippen molar-refractivity contribution in [1.82, 2.24) is 19.7 Å². The number of hydrogen-bond acceptors (Lipinski definition) is 5. The fourth-order valence-electron chi connectivity index (χ4n) is 4.36. The first kappa shape index (κ1) is 20.3. The van der Waals surface area contributed by atoms with Gasteiger partial charge in [0, 0.05) is 26.2 Å². The average molecular weight is 414 g/mol. The minimum Gasteiger partial charge on any atom is -0.342 e. The van der Waals surface area contributed by atoms with E-state index in [1.165, 1.54) is 50.3 Å². The molecule has 1 amide bonds. The molecule has 1 saturated heterocycles. The Balaban J connectivity index is 1.50. The van der Waals surface area contributed by atoms with Crippen molar-refractivity contribution in [2.24, 2.45) is 0 Å². The van der Waals surface area contributed by atoms with Gasteiger partial charge in [0.1, 0.15) is 0 Å². The van der Waals surface area contributed by atoms with Gasteiger partial charge in [-0.25, -0.2) is 0 Å². The SMILES string of the molecule is CN(C(=O)CSc1nnc(N2CCCCC2)n1-c1ccccc1)C1CCCCC1. The van der Waals surface area contributed by atoms with Gasteiger partial charge >= 0.3 is 0 Å². The lowest BCUT2D eigenvalue weighted by molar-refractivity contribution is -0.129. The molecule has 1 aromatic carbocycles. The number of nitrogens with zero attached hydrogens (tertiary/aromatic N) is 5. The van der Waals surface area contributed by atoms with E-state index in [1.54, 1.807) is 0 Å². The zero-order valence-electron chi connectivity index (χ0n) is 17.3. The molecule has 0 unspecified atom stereocenters. The van der Waals surface area contributed by atoms with Gasteiger partial charge in [0.2, 0.25) is 11.9 Å². The van der Waals surface area contributed by atoms with E-state index in [4.69, 9.17) is 0 Å². The average Bonchev–Trinajstić information content (AvgIpc) is 3.22. The van der Waals surface area contributed by atoms with Gasteiger partial charge < -0.3 is 9.80 Å². The van der Waals surface area contributed by atoms with Crippen LogP contribution in [-0.4, -0.2) is 57.5 Å². The van der Waals surface area contributed by atoms with Crippen LogP contribution in [0.1, 0.15) is 51.4 Å². The quantitative estimate of drug-likeness (QED) is 0.666. The molecule has 1 saturated carbocycles. The third-order valence-corrected chi connectivity index (χ3v) is 7.02. The van der Waals surface area contributed by atoms with Crippen LogP contribution in [0, 0.1) is 0 Å². The van der Waals surface area contributed by atoms with Crippen molar-refractivity contribution < 1.29 is 4.79 Å². The molecule has 0 bridgehead atoms. The van der Waals surface area contributed by atoms with Gasteiger partial charge in [-0.1, -0.05) is 49.2 Å². The lowest BCUT2D eigenvalue weighted by Crippen LogP contribution is -2.39. The Morgan fingerprint density at radius 3 is 2.45 bits per heavy atom. The zero-order valence-corrected chi connectivity index (χ0v) is 18.1. The highest BCUT2D eigenvalue weighted by Gasteiger charge is 2.25. The third-order valence-electron chi connectivity index (χ3n) is 6.11. The van der Waals surface area contributed by atoms with Crippen molar-refractivity contribution in [3.05, 3.63) is 30.3 Å². The van der Waals surface area contributed by atoms with E-state index in [0.717, 1.165) is 42.7 Å². The van der Waals surface area contributed by atoms with E-state index < -0.39 is 0 Å². The van der Waals surface area contributed by atoms with E-state index in [0.29, 0.717) is 11.8 Å². The Kier molecular flexibility index (Phi) is 6.74. The summed E-state index contributed by atoms with van der Waals surface area (Å²) in [5.74, 6) is 1.48. The van der Waals surface area contributed by atoms with Gasteiger partial charge in [0.05, 0.1) is 11.4 Å². The zero-order chi connectivity index (χ0) is 20.1. The van der Waals surface area contributed by atoms with Gasteiger partial charge in [-0.05, 0) is 44.2 Å². The van der Waals surface area contributed by atoms with Gasteiger partial charge in [-0.2, -0.15) is 0 Å². The maximum absolute atomic E-state index is 12.8. The van der Waals surface area contributed by atoms with Gasteiger partial charge in [-0.15, -0.1) is 10.2 Å². The molecule has 2 aromatic rings. The second-order valence-electron chi connectivity index (χ2n) is 8.09. The molecule has 1 aliphatic carbocycles. The van der Waals surface area contributed by atoms with Crippen molar-refractivity contribution in [2.75, 3.05) is 30.8 Å². The highest BCUT2D eigenvalue weighted by molar-refractivity contribution is 7.99. The van der Waals surface area contributed by atoms with Crippen LogP contribution in [0.25, 0.3) is 5.69 Å². The monoisotopic (exact) mass is 413 g/mol. The Bertz CT molecular complexity index is 797. The first-order chi connectivity index (χ1) is 14.2. The normalized spacial score (nSPS) is 18.0. The van der Waals surface area contributed by atoms with Crippen LogP contribution in [0.3, 0.4) is 0 Å². The summed E-state index contributed by atoms with van der Waals surface area (Å²) in [5, 5.41) is 9.79. The second kappa shape index (κ2) is 9.65. The number of para-hydroxylation sites is 1.